The summed E-state index contributed by atoms with van der Waals surface area (Å²) < 4.78 is 5.48. The molecule has 6 heteroatoms. The van der Waals surface area contributed by atoms with Gasteiger partial charge in [0.25, 0.3) is 0 Å². The quantitative estimate of drug-likeness (QED) is 0.748. The summed E-state index contributed by atoms with van der Waals surface area (Å²) in [5.74, 6) is -0.928. The summed E-state index contributed by atoms with van der Waals surface area (Å²) in [6, 6.07) is 6.56. The van der Waals surface area contributed by atoms with E-state index in [1.807, 2.05) is 0 Å². The minimum Gasteiger partial charge on any atom is -0.481 e. The summed E-state index contributed by atoms with van der Waals surface area (Å²) in [4.78, 5) is 22.6. The Hall–Kier alpha value is -2.08. The van der Waals surface area contributed by atoms with Crippen LogP contribution in [0.1, 0.15) is 24.8 Å². The van der Waals surface area contributed by atoms with Gasteiger partial charge in [-0.3, -0.25) is 4.79 Å². The Kier molecular flexibility index (Phi) is 5.57. The number of hydrogen-bond acceptors (Lipinski definition) is 3. The lowest BCUT2D eigenvalue weighted by Gasteiger charge is -2.12. The fourth-order valence-corrected chi connectivity index (χ4v) is 2.34. The van der Waals surface area contributed by atoms with Gasteiger partial charge < -0.3 is 20.5 Å². The number of amides is 2. The van der Waals surface area contributed by atoms with E-state index in [4.69, 9.17) is 9.84 Å². The minimum absolute atomic E-state index is 0.119. The van der Waals surface area contributed by atoms with Gasteiger partial charge in [0.2, 0.25) is 0 Å². The molecule has 2 rings (SSSR count). The van der Waals surface area contributed by atoms with Gasteiger partial charge in [-0.2, -0.15) is 0 Å². The maximum absolute atomic E-state index is 11.8. The highest BCUT2D eigenvalue weighted by molar-refractivity contribution is 5.90. The van der Waals surface area contributed by atoms with Gasteiger partial charge in [-0.25, -0.2) is 4.79 Å². The maximum atomic E-state index is 11.8. The van der Waals surface area contributed by atoms with Crippen molar-refractivity contribution < 1.29 is 19.4 Å². The van der Waals surface area contributed by atoms with E-state index in [1.54, 1.807) is 24.3 Å². The molecule has 3 N–H and O–H groups in total. The van der Waals surface area contributed by atoms with E-state index in [9.17, 15) is 9.59 Å². The second-order valence-electron chi connectivity index (χ2n) is 5.03. The molecule has 0 aliphatic carbocycles. The summed E-state index contributed by atoms with van der Waals surface area (Å²) in [7, 11) is 0. The lowest BCUT2D eigenvalue weighted by atomic mass is 10.1. The molecule has 6 nitrogen and oxygen atoms in total. The number of para-hydroxylation sites is 1. The van der Waals surface area contributed by atoms with Crippen molar-refractivity contribution in [2.75, 3.05) is 18.5 Å². The van der Waals surface area contributed by atoms with Crippen LogP contribution in [0.15, 0.2) is 24.3 Å². The van der Waals surface area contributed by atoms with Crippen molar-refractivity contribution in [3.8, 4) is 0 Å². The number of carboxylic acids is 1. The molecular weight excluding hydrogens is 272 g/mol. The Bertz CT molecular complexity index is 498. The van der Waals surface area contributed by atoms with Gasteiger partial charge in [-0.05, 0) is 30.9 Å². The number of carboxylic acid groups (broad SMARTS) is 1. The normalized spacial score (nSPS) is 17.4. The van der Waals surface area contributed by atoms with E-state index < -0.39 is 5.97 Å². The molecule has 1 aliphatic heterocycles. The first-order valence-electron chi connectivity index (χ1n) is 7.11. The van der Waals surface area contributed by atoms with E-state index in [0.717, 1.165) is 25.9 Å². The largest absolute Gasteiger partial charge is 0.481 e. The number of aliphatic carboxylic acids is 1. The highest BCUT2D eigenvalue weighted by Gasteiger charge is 2.15. The number of carbonyl (C=O) groups excluding carboxylic acids is 1. The number of ether oxygens (including phenoxy) is 1. The molecule has 1 aromatic carbocycles. The standard InChI is InChI=1S/C15H20N2O4/c18-14(19)10-11-4-1-2-6-13(11)17-15(20)16-8-7-12-5-3-9-21-12/h1-2,4,6,12H,3,5,7-10H2,(H,18,19)(H2,16,17,20). The Labute approximate surface area is 123 Å². The number of carbonyl (C=O) groups is 2. The van der Waals surface area contributed by atoms with Crippen molar-refractivity contribution in [3.05, 3.63) is 29.8 Å². The van der Waals surface area contributed by atoms with Gasteiger partial charge in [0, 0.05) is 18.8 Å². The molecule has 1 atom stereocenters. The third-order valence-electron chi connectivity index (χ3n) is 3.38. The van der Waals surface area contributed by atoms with Gasteiger partial charge in [-0.15, -0.1) is 0 Å². The van der Waals surface area contributed by atoms with Crippen LogP contribution in [0.5, 0.6) is 0 Å². The number of rotatable bonds is 6. The SMILES string of the molecule is O=C(O)Cc1ccccc1NC(=O)NCCC1CCCO1. The average molecular weight is 292 g/mol. The molecule has 0 aromatic heterocycles. The molecule has 1 unspecified atom stereocenters. The predicted octanol–water partition coefficient (Wildman–Crippen LogP) is 2.00. The fraction of sp³-hybridized carbons (Fsp3) is 0.467. The molecule has 0 bridgehead atoms. The second-order valence-corrected chi connectivity index (χ2v) is 5.03. The summed E-state index contributed by atoms with van der Waals surface area (Å²) in [5, 5.41) is 14.3. The topological polar surface area (TPSA) is 87.7 Å². The molecular formula is C15H20N2O4. The molecule has 21 heavy (non-hydrogen) atoms. The molecule has 1 saturated heterocycles. The van der Waals surface area contributed by atoms with Crippen LogP contribution in [0, 0.1) is 0 Å². The molecule has 0 saturated carbocycles. The first kappa shape index (κ1) is 15.3. The van der Waals surface area contributed by atoms with Crippen molar-refractivity contribution >= 4 is 17.7 Å². The first-order valence-corrected chi connectivity index (χ1v) is 7.11. The number of hydrogen-bond donors (Lipinski definition) is 3. The molecule has 1 heterocycles. The van der Waals surface area contributed by atoms with Crippen molar-refractivity contribution in [3.63, 3.8) is 0 Å². The lowest BCUT2D eigenvalue weighted by Crippen LogP contribution is -2.31. The van der Waals surface area contributed by atoms with Crippen molar-refractivity contribution in [2.45, 2.75) is 31.8 Å². The van der Waals surface area contributed by atoms with E-state index in [1.165, 1.54) is 0 Å². The van der Waals surface area contributed by atoms with Crippen LogP contribution in [0.25, 0.3) is 0 Å². The van der Waals surface area contributed by atoms with Gasteiger partial charge in [-0.1, -0.05) is 18.2 Å². The van der Waals surface area contributed by atoms with Gasteiger partial charge in [0.1, 0.15) is 0 Å². The maximum Gasteiger partial charge on any atom is 0.319 e. The third kappa shape index (κ3) is 5.07. The number of anilines is 1. The molecule has 0 radical (unpaired) electrons. The highest BCUT2D eigenvalue weighted by atomic mass is 16.5. The summed E-state index contributed by atoms with van der Waals surface area (Å²) in [5.41, 5.74) is 1.11. The second kappa shape index (κ2) is 7.64. The van der Waals surface area contributed by atoms with E-state index in [2.05, 4.69) is 10.6 Å². The highest BCUT2D eigenvalue weighted by Crippen LogP contribution is 2.16. The predicted molar refractivity (Wildman–Crippen MR) is 78.4 cm³/mol. The number of nitrogens with one attached hydrogen (secondary N) is 2. The summed E-state index contributed by atoms with van der Waals surface area (Å²) in [6.45, 7) is 1.34. The van der Waals surface area contributed by atoms with Gasteiger partial charge in [0.05, 0.1) is 12.5 Å². The van der Waals surface area contributed by atoms with Crippen LogP contribution in [0.2, 0.25) is 0 Å². The molecule has 114 valence electrons. The average Bonchev–Trinajstić information content (AvgIpc) is 2.93. The van der Waals surface area contributed by atoms with E-state index in [0.29, 0.717) is 17.8 Å². The Morgan fingerprint density at radius 2 is 2.14 bits per heavy atom. The van der Waals surface area contributed by atoms with Gasteiger partial charge >= 0.3 is 12.0 Å². The number of urea groups is 1. The van der Waals surface area contributed by atoms with Crippen LogP contribution in [0.3, 0.4) is 0 Å². The summed E-state index contributed by atoms with van der Waals surface area (Å²) in [6.07, 6.45) is 3.05. The van der Waals surface area contributed by atoms with Gasteiger partial charge in [0.15, 0.2) is 0 Å². The van der Waals surface area contributed by atoms with Crippen molar-refractivity contribution in [2.24, 2.45) is 0 Å². The minimum atomic E-state index is -0.928. The fourth-order valence-electron chi connectivity index (χ4n) is 2.34. The Balaban J connectivity index is 1.80. The van der Waals surface area contributed by atoms with E-state index >= 15 is 0 Å². The monoisotopic (exact) mass is 292 g/mol. The van der Waals surface area contributed by atoms with Crippen LogP contribution < -0.4 is 10.6 Å². The Morgan fingerprint density at radius 3 is 2.86 bits per heavy atom. The molecule has 1 aliphatic rings. The van der Waals surface area contributed by atoms with Crippen molar-refractivity contribution in [1.82, 2.24) is 5.32 Å². The van der Waals surface area contributed by atoms with Crippen molar-refractivity contribution in [1.29, 1.82) is 0 Å². The zero-order valence-electron chi connectivity index (χ0n) is 11.8. The van der Waals surface area contributed by atoms with Crippen LogP contribution in [-0.2, 0) is 16.0 Å². The van der Waals surface area contributed by atoms with Crippen LogP contribution in [0.4, 0.5) is 10.5 Å². The summed E-state index contributed by atoms with van der Waals surface area (Å²) >= 11 is 0. The molecule has 1 aromatic rings. The first-order chi connectivity index (χ1) is 10.1. The van der Waals surface area contributed by atoms with Crippen LogP contribution in [-0.4, -0.2) is 36.4 Å². The Morgan fingerprint density at radius 1 is 1.33 bits per heavy atom. The molecule has 2 amide bonds. The zero-order valence-corrected chi connectivity index (χ0v) is 11.8. The lowest BCUT2D eigenvalue weighted by molar-refractivity contribution is -0.136. The number of benzene rings is 1. The van der Waals surface area contributed by atoms with Crippen LogP contribution >= 0.6 is 0 Å². The smallest absolute Gasteiger partial charge is 0.319 e. The molecule has 1 fully saturated rings. The zero-order chi connectivity index (χ0) is 15.1. The van der Waals surface area contributed by atoms with E-state index in [-0.39, 0.29) is 18.6 Å². The third-order valence-corrected chi connectivity index (χ3v) is 3.38. The molecule has 0 spiro atoms.